The average molecular weight is 256 g/mol. The van der Waals surface area contributed by atoms with Gasteiger partial charge in [0.25, 0.3) is 0 Å². The van der Waals surface area contributed by atoms with Crippen LogP contribution in [0.3, 0.4) is 0 Å². The first kappa shape index (κ1) is 13.3. The lowest BCUT2D eigenvalue weighted by Gasteiger charge is -2.11. The fourth-order valence-electron chi connectivity index (χ4n) is 2.01. The van der Waals surface area contributed by atoms with Crippen molar-refractivity contribution in [2.24, 2.45) is 0 Å². The highest BCUT2D eigenvalue weighted by molar-refractivity contribution is 5.87. The Morgan fingerprint density at radius 1 is 1.05 bits per heavy atom. The van der Waals surface area contributed by atoms with Gasteiger partial charge in [0, 0.05) is 0 Å². The van der Waals surface area contributed by atoms with Crippen LogP contribution in [0.5, 0.6) is 0 Å². The minimum atomic E-state index is -0.926. The number of carbonyl (C=O) groups is 1. The smallest absolute Gasteiger partial charge is 0.335 e. The van der Waals surface area contributed by atoms with Crippen LogP contribution >= 0.6 is 0 Å². The first-order chi connectivity index (χ1) is 9.16. The largest absolute Gasteiger partial charge is 0.478 e. The van der Waals surface area contributed by atoms with Gasteiger partial charge in [-0.25, -0.2) is 4.79 Å². The third-order valence-electron chi connectivity index (χ3n) is 3.06. The summed E-state index contributed by atoms with van der Waals surface area (Å²) in [6, 6.07) is 16.3. The third-order valence-corrected chi connectivity index (χ3v) is 3.06. The number of benzene rings is 2. The maximum Gasteiger partial charge on any atom is 0.335 e. The predicted octanol–water partition coefficient (Wildman–Crippen LogP) is 3.05. The molecule has 98 valence electrons. The number of hydrogen-bond acceptors (Lipinski definition) is 2. The van der Waals surface area contributed by atoms with Gasteiger partial charge in [-0.1, -0.05) is 42.5 Å². The van der Waals surface area contributed by atoms with Gasteiger partial charge in [-0.3, -0.25) is 0 Å². The number of carboxylic acid groups (broad SMARTS) is 1. The Balaban J connectivity index is 1.99. The molecular formula is C16H16O3. The summed E-state index contributed by atoms with van der Waals surface area (Å²) in [4.78, 5) is 10.9. The number of aliphatic hydroxyl groups is 1. The van der Waals surface area contributed by atoms with Crippen molar-refractivity contribution in [2.75, 3.05) is 0 Å². The van der Waals surface area contributed by atoms with Crippen LogP contribution in [-0.2, 0) is 6.42 Å². The number of aliphatic hydroxyl groups excluding tert-OH is 1. The van der Waals surface area contributed by atoms with E-state index in [0.717, 1.165) is 11.1 Å². The molecule has 0 aliphatic rings. The van der Waals surface area contributed by atoms with E-state index < -0.39 is 12.1 Å². The molecule has 3 nitrogen and oxygen atoms in total. The lowest BCUT2D eigenvalue weighted by molar-refractivity contribution is 0.0697. The lowest BCUT2D eigenvalue weighted by Crippen LogP contribution is -2.01. The second-order valence-corrected chi connectivity index (χ2v) is 4.47. The zero-order valence-electron chi connectivity index (χ0n) is 10.5. The van der Waals surface area contributed by atoms with Crippen LogP contribution in [0.4, 0.5) is 0 Å². The SMILES string of the molecule is O=C(O)c1cccc(CC[C@H](O)c2ccccc2)c1. The Morgan fingerprint density at radius 2 is 1.79 bits per heavy atom. The van der Waals surface area contributed by atoms with Crippen molar-refractivity contribution in [2.45, 2.75) is 18.9 Å². The van der Waals surface area contributed by atoms with Crippen LogP contribution in [0.15, 0.2) is 54.6 Å². The van der Waals surface area contributed by atoms with Gasteiger partial charge in [0.1, 0.15) is 0 Å². The summed E-state index contributed by atoms with van der Waals surface area (Å²) in [7, 11) is 0. The fourth-order valence-corrected chi connectivity index (χ4v) is 2.01. The summed E-state index contributed by atoms with van der Waals surface area (Å²) in [5.74, 6) is -0.926. The van der Waals surface area contributed by atoms with Gasteiger partial charge in [-0.05, 0) is 36.1 Å². The van der Waals surface area contributed by atoms with E-state index in [1.165, 1.54) is 0 Å². The summed E-state index contributed by atoms with van der Waals surface area (Å²) >= 11 is 0. The Labute approximate surface area is 112 Å². The molecule has 0 amide bonds. The van der Waals surface area contributed by atoms with E-state index in [2.05, 4.69) is 0 Å². The molecule has 1 atom stereocenters. The molecule has 0 unspecified atom stereocenters. The van der Waals surface area contributed by atoms with E-state index in [9.17, 15) is 9.90 Å². The molecule has 3 heteroatoms. The zero-order valence-corrected chi connectivity index (χ0v) is 10.5. The van der Waals surface area contributed by atoms with Gasteiger partial charge in [0.15, 0.2) is 0 Å². The Kier molecular flexibility index (Phi) is 4.31. The van der Waals surface area contributed by atoms with Crippen molar-refractivity contribution >= 4 is 5.97 Å². The number of rotatable bonds is 5. The molecule has 0 saturated heterocycles. The van der Waals surface area contributed by atoms with Crippen molar-refractivity contribution in [1.82, 2.24) is 0 Å². The van der Waals surface area contributed by atoms with Crippen LogP contribution in [0.25, 0.3) is 0 Å². The maximum atomic E-state index is 10.9. The van der Waals surface area contributed by atoms with E-state index in [0.29, 0.717) is 12.8 Å². The number of hydrogen-bond donors (Lipinski definition) is 2. The topological polar surface area (TPSA) is 57.5 Å². The van der Waals surface area contributed by atoms with Gasteiger partial charge >= 0.3 is 5.97 Å². The van der Waals surface area contributed by atoms with E-state index in [4.69, 9.17) is 5.11 Å². The van der Waals surface area contributed by atoms with Gasteiger partial charge in [-0.2, -0.15) is 0 Å². The quantitative estimate of drug-likeness (QED) is 0.864. The van der Waals surface area contributed by atoms with Crippen molar-refractivity contribution < 1.29 is 15.0 Å². The lowest BCUT2D eigenvalue weighted by atomic mass is 10.0. The third kappa shape index (κ3) is 3.66. The first-order valence-corrected chi connectivity index (χ1v) is 6.22. The molecule has 2 rings (SSSR count). The standard InChI is InChI=1S/C16H16O3/c17-15(13-6-2-1-3-7-13)10-9-12-5-4-8-14(11-12)16(18)19/h1-8,11,15,17H,9-10H2,(H,18,19)/t15-/m0/s1. The summed E-state index contributed by atoms with van der Waals surface area (Å²) in [5.41, 5.74) is 2.10. The highest BCUT2D eigenvalue weighted by Crippen LogP contribution is 2.19. The van der Waals surface area contributed by atoms with Crippen molar-refractivity contribution in [1.29, 1.82) is 0 Å². The molecule has 2 N–H and O–H groups in total. The minimum absolute atomic E-state index is 0.284. The molecule has 19 heavy (non-hydrogen) atoms. The Bertz CT molecular complexity index is 549. The van der Waals surface area contributed by atoms with E-state index >= 15 is 0 Å². The fraction of sp³-hybridized carbons (Fsp3) is 0.188. The molecule has 0 aromatic heterocycles. The molecule has 2 aromatic rings. The molecule has 2 aromatic carbocycles. The minimum Gasteiger partial charge on any atom is -0.478 e. The Hall–Kier alpha value is -2.13. The van der Waals surface area contributed by atoms with E-state index in [-0.39, 0.29) is 5.56 Å². The van der Waals surface area contributed by atoms with Crippen molar-refractivity contribution in [3.8, 4) is 0 Å². The van der Waals surface area contributed by atoms with E-state index in [1.807, 2.05) is 36.4 Å². The molecule has 0 aliphatic carbocycles. The molecular weight excluding hydrogens is 240 g/mol. The van der Waals surface area contributed by atoms with E-state index in [1.54, 1.807) is 18.2 Å². The van der Waals surface area contributed by atoms with Crippen LogP contribution < -0.4 is 0 Å². The van der Waals surface area contributed by atoms with Crippen LogP contribution in [-0.4, -0.2) is 16.2 Å². The Morgan fingerprint density at radius 3 is 2.47 bits per heavy atom. The highest BCUT2D eigenvalue weighted by Gasteiger charge is 2.08. The summed E-state index contributed by atoms with van der Waals surface area (Å²) in [6.45, 7) is 0. The van der Waals surface area contributed by atoms with Crippen molar-refractivity contribution in [3.63, 3.8) is 0 Å². The van der Waals surface area contributed by atoms with Gasteiger partial charge in [0.05, 0.1) is 11.7 Å². The molecule has 0 saturated carbocycles. The number of carboxylic acids is 1. The predicted molar refractivity (Wildman–Crippen MR) is 73.1 cm³/mol. The maximum absolute atomic E-state index is 10.9. The number of aryl methyl sites for hydroxylation is 1. The van der Waals surface area contributed by atoms with Gasteiger partial charge < -0.3 is 10.2 Å². The molecule has 0 fully saturated rings. The summed E-state index contributed by atoms with van der Waals surface area (Å²) in [5, 5.41) is 19.0. The van der Waals surface area contributed by atoms with Crippen LogP contribution in [0.1, 0.15) is 34.0 Å². The molecule has 0 spiro atoms. The zero-order chi connectivity index (χ0) is 13.7. The first-order valence-electron chi connectivity index (χ1n) is 6.22. The van der Waals surface area contributed by atoms with Crippen LogP contribution in [0, 0.1) is 0 Å². The summed E-state index contributed by atoms with van der Waals surface area (Å²) in [6.07, 6.45) is 0.708. The van der Waals surface area contributed by atoms with Crippen molar-refractivity contribution in [3.05, 3.63) is 71.3 Å². The summed E-state index contributed by atoms with van der Waals surface area (Å²) < 4.78 is 0. The molecule has 0 heterocycles. The molecule has 0 aliphatic heterocycles. The van der Waals surface area contributed by atoms with Gasteiger partial charge in [-0.15, -0.1) is 0 Å². The molecule has 0 radical (unpaired) electrons. The normalized spacial score (nSPS) is 12.1. The van der Waals surface area contributed by atoms with Crippen LogP contribution in [0.2, 0.25) is 0 Å². The highest BCUT2D eigenvalue weighted by atomic mass is 16.4. The monoisotopic (exact) mass is 256 g/mol. The second kappa shape index (κ2) is 6.16. The van der Waals surface area contributed by atoms with Gasteiger partial charge in [0.2, 0.25) is 0 Å². The number of aromatic carboxylic acids is 1. The average Bonchev–Trinajstić information content (AvgIpc) is 2.46. The molecule has 0 bridgehead atoms. The second-order valence-electron chi connectivity index (χ2n) is 4.47.